The fraction of sp³-hybridized carbons (Fsp3) is 0.143. The van der Waals surface area contributed by atoms with Crippen LogP contribution in [0.15, 0.2) is 40.9 Å². The summed E-state index contributed by atoms with van der Waals surface area (Å²) in [6.07, 6.45) is 0. The van der Waals surface area contributed by atoms with Crippen LogP contribution in [0.5, 0.6) is 11.5 Å². The summed E-state index contributed by atoms with van der Waals surface area (Å²) in [5.41, 5.74) is 1.86. The summed E-state index contributed by atoms with van der Waals surface area (Å²) in [6, 6.07) is 10.2. The molecule has 0 atom stereocenters. The van der Waals surface area contributed by atoms with Crippen molar-refractivity contribution in [2.24, 2.45) is 0 Å². The molecular formula is C14H12BrNO3. The molecule has 0 heterocycles. The van der Waals surface area contributed by atoms with E-state index >= 15 is 0 Å². The first-order valence-corrected chi connectivity index (χ1v) is 6.46. The van der Waals surface area contributed by atoms with Crippen LogP contribution < -0.4 is 4.74 Å². The van der Waals surface area contributed by atoms with E-state index in [0.29, 0.717) is 11.5 Å². The highest BCUT2D eigenvalue weighted by Gasteiger charge is 2.09. The van der Waals surface area contributed by atoms with Crippen LogP contribution in [0.4, 0.5) is 5.69 Å². The van der Waals surface area contributed by atoms with Gasteiger partial charge in [0.2, 0.25) is 0 Å². The zero-order chi connectivity index (χ0) is 14.0. The van der Waals surface area contributed by atoms with Crippen molar-refractivity contribution in [3.05, 3.63) is 62.1 Å². The third kappa shape index (κ3) is 3.12. The molecule has 0 unspecified atom stereocenters. The van der Waals surface area contributed by atoms with Gasteiger partial charge in [0.15, 0.2) is 0 Å². The van der Waals surface area contributed by atoms with E-state index in [2.05, 4.69) is 15.9 Å². The van der Waals surface area contributed by atoms with Crippen molar-refractivity contribution in [2.75, 3.05) is 0 Å². The Bertz CT molecular complexity index is 641. The number of nitro benzene ring substituents is 1. The smallest absolute Gasteiger partial charge is 0.269 e. The minimum Gasteiger partial charge on any atom is -0.457 e. The number of rotatable bonds is 3. The molecule has 0 aliphatic carbocycles. The highest BCUT2D eigenvalue weighted by atomic mass is 79.9. The van der Waals surface area contributed by atoms with Crippen molar-refractivity contribution in [1.29, 1.82) is 0 Å². The summed E-state index contributed by atoms with van der Waals surface area (Å²) in [4.78, 5) is 10.2. The van der Waals surface area contributed by atoms with Crippen molar-refractivity contribution in [1.82, 2.24) is 0 Å². The maximum atomic E-state index is 10.7. The van der Waals surface area contributed by atoms with Gasteiger partial charge in [-0.1, -0.05) is 15.9 Å². The lowest BCUT2D eigenvalue weighted by molar-refractivity contribution is -0.384. The van der Waals surface area contributed by atoms with Gasteiger partial charge in [0.25, 0.3) is 5.69 Å². The summed E-state index contributed by atoms with van der Waals surface area (Å²) < 4.78 is 6.75. The van der Waals surface area contributed by atoms with Crippen LogP contribution >= 0.6 is 15.9 Å². The second-order valence-corrected chi connectivity index (χ2v) is 5.07. The largest absolute Gasteiger partial charge is 0.457 e. The average Bonchev–Trinajstić information content (AvgIpc) is 2.36. The van der Waals surface area contributed by atoms with Gasteiger partial charge >= 0.3 is 0 Å². The molecule has 0 radical (unpaired) electrons. The number of hydrogen-bond donors (Lipinski definition) is 0. The number of halogens is 1. The first-order valence-electron chi connectivity index (χ1n) is 5.66. The first kappa shape index (κ1) is 13.5. The van der Waals surface area contributed by atoms with Crippen LogP contribution in [-0.2, 0) is 0 Å². The second-order valence-electron chi connectivity index (χ2n) is 4.22. The molecule has 0 spiro atoms. The van der Waals surface area contributed by atoms with E-state index in [1.807, 2.05) is 25.1 Å². The van der Waals surface area contributed by atoms with Gasteiger partial charge in [-0.3, -0.25) is 10.1 Å². The van der Waals surface area contributed by atoms with Crippen LogP contribution in [-0.4, -0.2) is 4.92 Å². The third-order valence-corrected chi connectivity index (χ3v) is 3.62. The molecule has 2 aromatic rings. The van der Waals surface area contributed by atoms with Crippen molar-refractivity contribution < 1.29 is 9.66 Å². The molecule has 4 nitrogen and oxygen atoms in total. The maximum Gasteiger partial charge on any atom is 0.269 e. The van der Waals surface area contributed by atoms with E-state index in [9.17, 15) is 10.1 Å². The topological polar surface area (TPSA) is 52.4 Å². The number of non-ortho nitro benzene ring substituents is 1. The van der Waals surface area contributed by atoms with Crippen molar-refractivity contribution in [3.63, 3.8) is 0 Å². The van der Waals surface area contributed by atoms with E-state index in [-0.39, 0.29) is 5.69 Å². The summed E-state index contributed by atoms with van der Waals surface area (Å²) in [5.74, 6) is 1.32. The van der Waals surface area contributed by atoms with E-state index in [1.54, 1.807) is 13.0 Å². The zero-order valence-corrected chi connectivity index (χ0v) is 12.1. The zero-order valence-electron chi connectivity index (χ0n) is 10.5. The molecule has 0 amide bonds. The van der Waals surface area contributed by atoms with Crippen LogP contribution in [0.1, 0.15) is 11.1 Å². The Balaban J connectivity index is 2.28. The Morgan fingerprint density at radius 2 is 1.84 bits per heavy atom. The summed E-state index contributed by atoms with van der Waals surface area (Å²) in [5, 5.41) is 10.7. The lowest BCUT2D eigenvalue weighted by Crippen LogP contribution is -1.92. The molecule has 2 aromatic carbocycles. The third-order valence-electron chi connectivity index (χ3n) is 2.73. The Labute approximate surface area is 119 Å². The Kier molecular flexibility index (Phi) is 3.85. The van der Waals surface area contributed by atoms with Gasteiger partial charge in [0.1, 0.15) is 11.5 Å². The number of nitro groups is 1. The molecular weight excluding hydrogens is 310 g/mol. The molecule has 19 heavy (non-hydrogen) atoms. The summed E-state index contributed by atoms with van der Waals surface area (Å²) in [6.45, 7) is 3.76. The maximum absolute atomic E-state index is 10.7. The lowest BCUT2D eigenvalue weighted by atomic mass is 10.2. The van der Waals surface area contributed by atoms with E-state index in [1.165, 1.54) is 12.1 Å². The molecule has 98 valence electrons. The molecule has 5 heteroatoms. The fourth-order valence-corrected chi connectivity index (χ4v) is 1.92. The standard InChI is InChI=1S/C14H12BrNO3/c1-9-8-12(4-5-13(9)15)19-14-6-3-11(16(17)18)7-10(14)2/h3-8H,1-2H3. The Morgan fingerprint density at radius 3 is 2.42 bits per heavy atom. The molecule has 0 aromatic heterocycles. The normalized spacial score (nSPS) is 10.3. The van der Waals surface area contributed by atoms with Crippen molar-refractivity contribution in [3.8, 4) is 11.5 Å². The SMILES string of the molecule is Cc1cc(Oc2ccc([N+](=O)[O-])cc2C)ccc1Br. The fourth-order valence-electron chi connectivity index (χ4n) is 1.67. The summed E-state index contributed by atoms with van der Waals surface area (Å²) >= 11 is 3.42. The lowest BCUT2D eigenvalue weighted by Gasteiger charge is -2.09. The van der Waals surface area contributed by atoms with Crippen LogP contribution in [0.3, 0.4) is 0 Å². The molecule has 0 aliphatic heterocycles. The second kappa shape index (κ2) is 5.40. The Hall–Kier alpha value is -1.88. The number of nitrogens with zero attached hydrogens (tertiary/aromatic N) is 1. The monoisotopic (exact) mass is 321 g/mol. The minimum atomic E-state index is -0.416. The number of ether oxygens (including phenoxy) is 1. The molecule has 0 aliphatic rings. The molecule has 0 bridgehead atoms. The summed E-state index contributed by atoms with van der Waals surface area (Å²) in [7, 11) is 0. The van der Waals surface area contributed by atoms with E-state index < -0.39 is 4.92 Å². The van der Waals surface area contributed by atoms with Gasteiger partial charge in [-0.25, -0.2) is 0 Å². The predicted octanol–water partition coefficient (Wildman–Crippen LogP) is 4.77. The van der Waals surface area contributed by atoms with Gasteiger partial charge in [0, 0.05) is 16.6 Å². The van der Waals surface area contributed by atoms with Crippen LogP contribution in [0.25, 0.3) is 0 Å². The first-order chi connectivity index (χ1) is 8.97. The van der Waals surface area contributed by atoms with Gasteiger partial charge in [-0.05, 0) is 49.2 Å². The van der Waals surface area contributed by atoms with E-state index in [4.69, 9.17) is 4.74 Å². The Morgan fingerprint density at radius 1 is 1.11 bits per heavy atom. The molecule has 2 rings (SSSR count). The average molecular weight is 322 g/mol. The van der Waals surface area contributed by atoms with Crippen LogP contribution in [0, 0.1) is 24.0 Å². The number of hydrogen-bond acceptors (Lipinski definition) is 3. The van der Waals surface area contributed by atoms with Crippen LogP contribution in [0.2, 0.25) is 0 Å². The number of aryl methyl sites for hydroxylation is 2. The van der Waals surface area contributed by atoms with Gasteiger partial charge < -0.3 is 4.74 Å². The van der Waals surface area contributed by atoms with E-state index in [0.717, 1.165) is 15.6 Å². The van der Waals surface area contributed by atoms with Crippen molar-refractivity contribution >= 4 is 21.6 Å². The highest BCUT2D eigenvalue weighted by molar-refractivity contribution is 9.10. The predicted molar refractivity (Wildman–Crippen MR) is 76.8 cm³/mol. The van der Waals surface area contributed by atoms with Gasteiger partial charge in [-0.2, -0.15) is 0 Å². The molecule has 0 fully saturated rings. The van der Waals surface area contributed by atoms with Gasteiger partial charge in [-0.15, -0.1) is 0 Å². The minimum absolute atomic E-state index is 0.0665. The molecule has 0 saturated heterocycles. The number of benzene rings is 2. The molecule has 0 N–H and O–H groups in total. The van der Waals surface area contributed by atoms with Crippen molar-refractivity contribution in [2.45, 2.75) is 13.8 Å². The van der Waals surface area contributed by atoms with Gasteiger partial charge in [0.05, 0.1) is 4.92 Å². The molecule has 0 saturated carbocycles. The highest BCUT2D eigenvalue weighted by Crippen LogP contribution is 2.30. The quantitative estimate of drug-likeness (QED) is 0.604.